The van der Waals surface area contributed by atoms with Crippen LogP contribution in [0.2, 0.25) is 0 Å². The molecule has 0 aliphatic carbocycles. The highest BCUT2D eigenvalue weighted by molar-refractivity contribution is 7.26. The Kier molecular flexibility index (Phi) is 6.83. The second-order valence-electron chi connectivity index (χ2n) is 14.0. The predicted molar refractivity (Wildman–Crippen MR) is 231 cm³/mol. The van der Waals surface area contributed by atoms with E-state index in [0.29, 0.717) is 0 Å². The van der Waals surface area contributed by atoms with E-state index < -0.39 is 0 Å². The van der Waals surface area contributed by atoms with Crippen molar-refractivity contribution in [2.75, 3.05) is 0 Å². The van der Waals surface area contributed by atoms with Crippen LogP contribution >= 0.6 is 11.3 Å². The fourth-order valence-electron chi connectivity index (χ4n) is 8.58. The van der Waals surface area contributed by atoms with Crippen LogP contribution in [0.5, 0.6) is 0 Å². The molecule has 0 unspecified atom stereocenters. The largest absolute Gasteiger partial charge is 0.135 e. The zero-order valence-corrected chi connectivity index (χ0v) is 29.7. The van der Waals surface area contributed by atoms with Gasteiger partial charge in [-0.25, -0.2) is 0 Å². The summed E-state index contributed by atoms with van der Waals surface area (Å²) in [6.45, 7) is 0. The van der Waals surface area contributed by atoms with Crippen molar-refractivity contribution in [2.45, 2.75) is 0 Å². The summed E-state index contributed by atoms with van der Waals surface area (Å²) in [4.78, 5) is 0. The molecule has 11 aromatic rings. The van der Waals surface area contributed by atoms with E-state index in [-0.39, 0.29) is 0 Å². The van der Waals surface area contributed by atoms with Gasteiger partial charge in [0.05, 0.1) is 0 Å². The van der Waals surface area contributed by atoms with Crippen LogP contribution in [0.15, 0.2) is 194 Å². The van der Waals surface area contributed by atoms with E-state index in [1.165, 1.54) is 108 Å². The lowest BCUT2D eigenvalue weighted by Gasteiger charge is -2.18. The SMILES string of the molecule is c1cc(-c2ccc3c(c2)sc2c4ccccc4ccc32)cc(-c2c3ccccc3c(-c3ccc(-c4cccc5ccccc45)cc3)c3ccccc23)c1. The molecule has 11 rings (SSSR count). The predicted octanol–water partition coefficient (Wildman–Crippen LogP) is 15.3. The molecule has 0 atom stereocenters. The first kappa shape index (κ1) is 30.1. The second-order valence-corrected chi connectivity index (χ2v) is 15.1. The van der Waals surface area contributed by atoms with Crippen molar-refractivity contribution in [3.05, 3.63) is 194 Å². The average Bonchev–Trinajstić information content (AvgIpc) is 3.61. The molecule has 0 amide bonds. The Hall–Kier alpha value is -6.54. The first-order chi connectivity index (χ1) is 26.3. The lowest BCUT2D eigenvalue weighted by molar-refractivity contribution is 1.62. The second kappa shape index (κ2) is 12.0. The average molecular weight is 689 g/mol. The molecule has 0 aliphatic rings. The first-order valence-corrected chi connectivity index (χ1v) is 19.1. The highest BCUT2D eigenvalue weighted by Crippen LogP contribution is 2.45. The normalized spacial score (nSPS) is 11.8. The molecule has 1 aromatic heterocycles. The van der Waals surface area contributed by atoms with Gasteiger partial charge in [-0.05, 0) is 99.7 Å². The van der Waals surface area contributed by atoms with Gasteiger partial charge in [0.25, 0.3) is 0 Å². The number of fused-ring (bicyclic) bond motifs is 8. The molecule has 1 heteroatoms. The van der Waals surface area contributed by atoms with Gasteiger partial charge >= 0.3 is 0 Å². The molecule has 0 saturated heterocycles. The van der Waals surface area contributed by atoms with E-state index in [0.717, 1.165) is 0 Å². The number of thiophene rings is 1. The Labute approximate surface area is 311 Å². The minimum Gasteiger partial charge on any atom is -0.135 e. The number of benzene rings is 10. The number of hydrogen-bond donors (Lipinski definition) is 0. The van der Waals surface area contributed by atoms with Crippen LogP contribution in [0.3, 0.4) is 0 Å². The smallest absolute Gasteiger partial charge is 0.0433 e. The summed E-state index contributed by atoms with van der Waals surface area (Å²) in [5, 5.41) is 12.9. The lowest BCUT2D eigenvalue weighted by Crippen LogP contribution is -1.91. The first-order valence-electron chi connectivity index (χ1n) is 18.3. The summed E-state index contributed by atoms with van der Waals surface area (Å²) in [5.74, 6) is 0. The molecule has 1 heterocycles. The van der Waals surface area contributed by atoms with E-state index in [1.54, 1.807) is 0 Å². The van der Waals surface area contributed by atoms with Gasteiger partial charge in [-0.2, -0.15) is 0 Å². The van der Waals surface area contributed by atoms with Crippen molar-refractivity contribution in [1.29, 1.82) is 0 Å². The Balaban J connectivity index is 1.05. The molecule has 0 fully saturated rings. The van der Waals surface area contributed by atoms with Crippen LogP contribution in [0, 0.1) is 0 Å². The zero-order chi connectivity index (χ0) is 34.9. The Morgan fingerprint density at radius 1 is 0.264 bits per heavy atom. The summed E-state index contributed by atoms with van der Waals surface area (Å²) < 4.78 is 2.69. The minimum atomic E-state index is 1.23. The van der Waals surface area contributed by atoms with Crippen LogP contribution in [0.25, 0.3) is 108 Å². The number of rotatable bonds is 4. The molecule has 246 valence electrons. The summed E-state index contributed by atoms with van der Waals surface area (Å²) >= 11 is 1.90. The molecule has 0 spiro atoms. The third kappa shape index (κ3) is 4.82. The van der Waals surface area contributed by atoms with Gasteiger partial charge in [-0.1, -0.05) is 182 Å². The van der Waals surface area contributed by atoms with E-state index in [1.807, 2.05) is 11.3 Å². The summed E-state index contributed by atoms with van der Waals surface area (Å²) in [6.07, 6.45) is 0. The van der Waals surface area contributed by atoms with Gasteiger partial charge in [0, 0.05) is 20.2 Å². The summed E-state index contributed by atoms with van der Waals surface area (Å²) in [6, 6.07) is 71.7. The Morgan fingerprint density at radius 3 is 1.47 bits per heavy atom. The van der Waals surface area contributed by atoms with Crippen molar-refractivity contribution in [2.24, 2.45) is 0 Å². The number of hydrogen-bond acceptors (Lipinski definition) is 1. The van der Waals surface area contributed by atoms with Crippen molar-refractivity contribution in [3.63, 3.8) is 0 Å². The third-order valence-electron chi connectivity index (χ3n) is 11.1. The van der Waals surface area contributed by atoms with Gasteiger partial charge in [-0.3, -0.25) is 0 Å². The van der Waals surface area contributed by atoms with Crippen molar-refractivity contribution >= 4 is 74.6 Å². The fraction of sp³-hybridized carbons (Fsp3) is 0. The quantitative estimate of drug-likeness (QED) is 0.162. The molecule has 0 radical (unpaired) electrons. The van der Waals surface area contributed by atoms with Crippen LogP contribution in [-0.2, 0) is 0 Å². The summed E-state index contributed by atoms with van der Waals surface area (Å²) in [7, 11) is 0. The van der Waals surface area contributed by atoms with Crippen molar-refractivity contribution < 1.29 is 0 Å². The maximum absolute atomic E-state index is 2.39. The molecule has 0 saturated carbocycles. The van der Waals surface area contributed by atoms with E-state index in [4.69, 9.17) is 0 Å². The summed E-state index contributed by atoms with van der Waals surface area (Å²) in [5.41, 5.74) is 9.99. The third-order valence-corrected chi connectivity index (χ3v) is 12.3. The van der Waals surface area contributed by atoms with E-state index >= 15 is 0 Å². The maximum Gasteiger partial charge on any atom is 0.0433 e. The van der Waals surface area contributed by atoms with Gasteiger partial charge in [0.1, 0.15) is 0 Å². The molecule has 0 bridgehead atoms. The molecular weight excluding hydrogens is 657 g/mol. The lowest BCUT2D eigenvalue weighted by atomic mass is 9.85. The molecule has 10 aromatic carbocycles. The van der Waals surface area contributed by atoms with Crippen LogP contribution in [-0.4, -0.2) is 0 Å². The van der Waals surface area contributed by atoms with E-state index in [9.17, 15) is 0 Å². The standard InChI is InChI=1S/C52H32S/c1-3-16-40-33(11-1)13-10-22-41(40)35-23-25-36(26-24-35)50-44-18-5-7-20-46(44)51(47-21-8-6-19-45(47)50)39-15-9-14-37(31-39)38-28-29-43-48-30-27-34-12-2-4-17-42(34)52(48)53-49(43)32-38/h1-32H. The highest BCUT2D eigenvalue weighted by Gasteiger charge is 2.18. The van der Waals surface area contributed by atoms with Crippen LogP contribution in [0.1, 0.15) is 0 Å². The maximum atomic E-state index is 2.39. The molecular formula is C52H32S. The minimum absolute atomic E-state index is 1.23. The Morgan fingerprint density at radius 2 is 0.755 bits per heavy atom. The zero-order valence-electron chi connectivity index (χ0n) is 28.9. The molecule has 0 aliphatic heterocycles. The van der Waals surface area contributed by atoms with Crippen molar-refractivity contribution in [3.8, 4) is 44.5 Å². The molecule has 0 nitrogen and oxygen atoms in total. The van der Waals surface area contributed by atoms with E-state index in [2.05, 4.69) is 194 Å². The van der Waals surface area contributed by atoms with Gasteiger partial charge < -0.3 is 0 Å². The Bertz CT molecular complexity index is 3150. The fourth-order valence-corrected chi connectivity index (χ4v) is 9.86. The highest BCUT2D eigenvalue weighted by atomic mass is 32.1. The van der Waals surface area contributed by atoms with Gasteiger partial charge in [-0.15, -0.1) is 11.3 Å². The van der Waals surface area contributed by atoms with Gasteiger partial charge in [0.15, 0.2) is 0 Å². The van der Waals surface area contributed by atoms with Crippen LogP contribution in [0.4, 0.5) is 0 Å². The van der Waals surface area contributed by atoms with Crippen LogP contribution < -0.4 is 0 Å². The molecule has 53 heavy (non-hydrogen) atoms. The monoisotopic (exact) mass is 688 g/mol. The van der Waals surface area contributed by atoms with Crippen molar-refractivity contribution in [1.82, 2.24) is 0 Å². The molecule has 0 N–H and O–H groups in total. The topological polar surface area (TPSA) is 0 Å². The van der Waals surface area contributed by atoms with Gasteiger partial charge in [0.2, 0.25) is 0 Å².